The summed E-state index contributed by atoms with van der Waals surface area (Å²) < 4.78 is 0. The molecule has 90 valence electrons. The monoisotopic (exact) mass is 243 g/mol. The van der Waals surface area contributed by atoms with Gasteiger partial charge in [0, 0.05) is 18.3 Å². The first kappa shape index (κ1) is 13.1. The Bertz CT molecular complexity index is 326. The van der Waals surface area contributed by atoms with Gasteiger partial charge >= 0.3 is 0 Å². The van der Waals surface area contributed by atoms with Crippen molar-refractivity contribution in [1.82, 2.24) is 15.6 Å². The van der Waals surface area contributed by atoms with Gasteiger partial charge in [0.1, 0.15) is 5.69 Å². The van der Waals surface area contributed by atoms with Crippen LogP contribution in [0, 0.1) is 0 Å². The van der Waals surface area contributed by atoms with Crippen molar-refractivity contribution in [3.8, 4) is 0 Å². The van der Waals surface area contributed by atoms with E-state index in [0.29, 0.717) is 11.7 Å². The number of piperidine rings is 1. The Morgan fingerprint density at radius 3 is 3.00 bits per heavy atom. The van der Waals surface area contributed by atoms with Crippen LogP contribution in [0.3, 0.4) is 0 Å². The molecule has 1 fully saturated rings. The fourth-order valence-electron chi connectivity index (χ4n) is 1.96. The Kier molecular flexibility index (Phi) is 4.83. The SMILES string of the molecule is CC1NCCCC1NC(=O)c1ccc[nH]1.Cl. The molecule has 2 unspecified atom stereocenters. The standard InChI is InChI=1S/C11H17N3O.ClH/c1-8-9(4-2-6-12-8)14-11(15)10-5-3-7-13-10;/h3,5,7-9,12-13H,2,4,6H2,1H3,(H,14,15);1H. The lowest BCUT2D eigenvalue weighted by Crippen LogP contribution is -2.51. The van der Waals surface area contributed by atoms with Crippen LogP contribution in [0.5, 0.6) is 0 Å². The maximum Gasteiger partial charge on any atom is 0.267 e. The van der Waals surface area contributed by atoms with Crippen molar-refractivity contribution < 1.29 is 4.79 Å². The molecule has 1 amide bonds. The van der Waals surface area contributed by atoms with Gasteiger partial charge in [-0.2, -0.15) is 0 Å². The van der Waals surface area contributed by atoms with E-state index in [4.69, 9.17) is 0 Å². The third-order valence-electron chi connectivity index (χ3n) is 2.92. The second kappa shape index (κ2) is 5.92. The molecule has 0 spiro atoms. The van der Waals surface area contributed by atoms with Gasteiger partial charge in [0.2, 0.25) is 0 Å². The van der Waals surface area contributed by atoms with E-state index in [1.54, 1.807) is 12.3 Å². The van der Waals surface area contributed by atoms with E-state index >= 15 is 0 Å². The van der Waals surface area contributed by atoms with Crippen molar-refractivity contribution in [2.45, 2.75) is 31.8 Å². The topological polar surface area (TPSA) is 56.9 Å². The molecule has 2 atom stereocenters. The van der Waals surface area contributed by atoms with E-state index in [2.05, 4.69) is 22.5 Å². The van der Waals surface area contributed by atoms with Gasteiger partial charge < -0.3 is 15.6 Å². The number of rotatable bonds is 2. The van der Waals surface area contributed by atoms with Crippen LogP contribution in [0.1, 0.15) is 30.3 Å². The Morgan fingerprint density at radius 2 is 2.38 bits per heavy atom. The first-order valence-corrected chi connectivity index (χ1v) is 5.45. The molecule has 5 heteroatoms. The quantitative estimate of drug-likeness (QED) is 0.734. The van der Waals surface area contributed by atoms with Crippen molar-refractivity contribution in [1.29, 1.82) is 0 Å². The average molecular weight is 244 g/mol. The van der Waals surface area contributed by atoms with Crippen LogP contribution in [-0.2, 0) is 0 Å². The fraction of sp³-hybridized carbons (Fsp3) is 0.545. The number of hydrogen-bond acceptors (Lipinski definition) is 2. The molecular weight excluding hydrogens is 226 g/mol. The zero-order chi connectivity index (χ0) is 10.7. The molecule has 1 aromatic rings. The number of aromatic nitrogens is 1. The number of aromatic amines is 1. The molecule has 1 saturated heterocycles. The Morgan fingerprint density at radius 1 is 1.56 bits per heavy atom. The number of amides is 1. The van der Waals surface area contributed by atoms with Gasteiger partial charge in [-0.3, -0.25) is 4.79 Å². The second-order valence-corrected chi connectivity index (χ2v) is 4.05. The normalized spacial score (nSPS) is 24.6. The average Bonchev–Trinajstić information content (AvgIpc) is 2.74. The summed E-state index contributed by atoms with van der Waals surface area (Å²) in [5.74, 6) is -0.0134. The molecule has 1 aliphatic heterocycles. The molecule has 0 aromatic carbocycles. The Labute approximate surface area is 102 Å². The summed E-state index contributed by atoms with van der Waals surface area (Å²) in [6.07, 6.45) is 3.94. The Hall–Kier alpha value is -1.00. The van der Waals surface area contributed by atoms with E-state index in [9.17, 15) is 4.79 Å². The predicted molar refractivity (Wildman–Crippen MR) is 66.0 cm³/mol. The lowest BCUT2D eigenvalue weighted by atomic mass is 10.00. The van der Waals surface area contributed by atoms with E-state index in [0.717, 1.165) is 19.4 Å². The highest BCUT2D eigenvalue weighted by atomic mass is 35.5. The number of halogens is 1. The van der Waals surface area contributed by atoms with Crippen LogP contribution in [0.4, 0.5) is 0 Å². The maximum absolute atomic E-state index is 11.7. The molecule has 1 aliphatic rings. The summed E-state index contributed by atoms with van der Waals surface area (Å²) in [6.45, 7) is 3.16. The molecular formula is C11H18ClN3O. The summed E-state index contributed by atoms with van der Waals surface area (Å²) in [7, 11) is 0. The third kappa shape index (κ3) is 3.00. The Balaban J connectivity index is 0.00000128. The van der Waals surface area contributed by atoms with Gasteiger partial charge in [-0.15, -0.1) is 12.4 Å². The van der Waals surface area contributed by atoms with Crippen LogP contribution in [-0.4, -0.2) is 29.5 Å². The van der Waals surface area contributed by atoms with E-state index in [1.807, 2.05) is 6.07 Å². The van der Waals surface area contributed by atoms with Gasteiger partial charge in [-0.25, -0.2) is 0 Å². The van der Waals surface area contributed by atoms with Crippen LogP contribution in [0.2, 0.25) is 0 Å². The number of nitrogens with one attached hydrogen (secondary N) is 3. The largest absolute Gasteiger partial charge is 0.357 e. The zero-order valence-electron chi connectivity index (χ0n) is 9.32. The molecule has 4 nitrogen and oxygen atoms in total. The second-order valence-electron chi connectivity index (χ2n) is 4.05. The van der Waals surface area contributed by atoms with Gasteiger partial charge in [0.25, 0.3) is 5.91 Å². The highest BCUT2D eigenvalue weighted by Gasteiger charge is 2.22. The van der Waals surface area contributed by atoms with Crippen LogP contribution in [0.25, 0.3) is 0 Å². The summed E-state index contributed by atoms with van der Waals surface area (Å²) in [6, 6.07) is 4.22. The minimum absolute atomic E-state index is 0. The van der Waals surface area contributed by atoms with Crippen LogP contribution >= 0.6 is 12.4 Å². The predicted octanol–water partition coefficient (Wildman–Crippen LogP) is 1.31. The maximum atomic E-state index is 11.7. The number of carbonyl (C=O) groups excluding carboxylic acids is 1. The lowest BCUT2D eigenvalue weighted by molar-refractivity contribution is 0.0915. The van der Waals surface area contributed by atoms with Gasteiger partial charge in [-0.05, 0) is 38.4 Å². The van der Waals surface area contributed by atoms with E-state index in [1.165, 1.54) is 0 Å². The first-order chi connectivity index (χ1) is 7.27. The highest BCUT2D eigenvalue weighted by Crippen LogP contribution is 2.08. The molecule has 0 bridgehead atoms. The molecule has 16 heavy (non-hydrogen) atoms. The smallest absolute Gasteiger partial charge is 0.267 e. The fourth-order valence-corrected chi connectivity index (χ4v) is 1.96. The van der Waals surface area contributed by atoms with Crippen molar-refractivity contribution in [3.05, 3.63) is 24.0 Å². The summed E-state index contributed by atoms with van der Waals surface area (Å²) in [5, 5.41) is 6.40. The van der Waals surface area contributed by atoms with Gasteiger partial charge in [-0.1, -0.05) is 0 Å². The van der Waals surface area contributed by atoms with Gasteiger partial charge in [0.15, 0.2) is 0 Å². The lowest BCUT2D eigenvalue weighted by Gasteiger charge is -2.30. The van der Waals surface area contributed by atoms with Crippen molar-refractivity contribution in [3.63, 3.8) is 0 Å². The minimum Gasteiger partial charge on any atom is -0.357 e. The first-order valence-electron chi connectivity index (χ1n) is 5.45. The molecule has 0 radical (unpaired) electrons. The summed E-state index contributed by atoms with van der Waals surface area (Å²) in [4.78, 5) is 14.7. The minimum atomic E-state index is -0.0134. The molecule has 0 aliphatic carbocycles. The zero-order valence-corrected chi connectivity index (χ0v) is 10.1. The number of H-pyrrole nitrogens is 1. The molecule has 1 aromatic heterocycles. The van der Waals surface area contributed by atoms with Crippen molar-refractivity contribution in [2.24, 2.45) is 0 Å². The van der Waals surface area contributed by atoms with Crippen LogP contribution in [0.15, 0.2) is 18.3 Å². The highest BCUT2D eigenvalue weighted by molar-refractivity contribution is 5.92. The summed E-state index contributed by atoms with van der Waals surface area (Å²) in [5.41, 5.74) is 0.632. The number of carbonyl (C=O) groups is 1. The van der Waals surface area contributed by atoms with E-state index < -0.39 is 0 Å². The third-order valence-corrected chi connectivity index (χ3v) is 2.92. The molecule has 2 rings (SSSR count). The molecule has 0 saturated carbocycles. The summed E-state index contributed by atoms with van der Waals surface area (Å²) >= 11 is 0. The van der Waals surface area contributed by atoms with E-state index in [-0.39, 0.29) is 24.4 Å². The van der Waals surface area contributed by atoms with Crippen molar-refractivity contribution in [2.75, 3.05) is 6.54 Å². The molecule has 2 heterocycles. The number of hydrogen-bond donors (Lipinski definition) is 3. The van der Waals surface area contributed by atoms with Crippen molar-refractivity contribution >= 4 is 18.3 Å². The van der Waals surface area contributed by atoms with Crippen LogP contribution < -0.4 is 10.6 Å². The molecule has 3 N–H and O–H groups in total. The van der Waals surface area contributed by atoms with Gasteiger partial charge in [0.05, 0.1) is 0 Å².